The Kier molecular flexibility index (Phi) is 6.11. The van der Waals surface area contributed by atoms with Gasteiger partial charge in [-0.25, -0.2) is 0 Å². The van der Waals surface area contributed by atoms with Gasteiger partial charge in [0.25, 0.3) is 5.91 Å². The summed E-state index contributed by atoms with van der Waals surface area (Å²) < 4.78 is 11.1. The van der Waals surface area contributed by atoms with Crippen LogP contribution in [-0.4, -0.2) is 30.3 Å². The Morgan fingerprint density at radius 1 is 1.18 bits per heavy atom. The first-order chi connectivity index (χ1) is 13.5. The molecule has 0 fully saturated rings. The molecule has 0 aliphatic rings. The van der Waals surface area contributed by atoms with Crippen molar-refractivity contribution in [2.45, 2.75) is 19.9 Å². The van der Waals surface area contributed by atoms with Crippen LogP contribution in [0.4, 0.5) is 0 Å². The number of carbonyl (C=O) groups excluding carboxylic acids is 1. The molecule has 6 nitrogen and oxygen atoms in total. The van der Waals surface area contributed by atoms with Crippen molar-refractivity contribution >= 4 is 16.9 Å². The van der Waals surface area contributed by atoms with E-state index in [-0.39, 0.29) is 36.5 Å². The number of benzene rings is 2. The van der Waals surface area contributed by atoms with Gasteiger partial charge in [0.05, 0.1) is 23.6 Å². The molecule has 3 rings (SSSR count). The number of ether oxygens (including phenoxy) is 1. The van der Waals surface area contributed by atoms with E-state index >= 15 is 0 Å². The fourth-order valence-electron chi connectivity index (χ4n) is 2.84. The molecule has 1 heterocycles. The molecule has 0 aliphatic heterocycles. The van der Waals surface area contributed by atoms with E-state index in [1.54, 1.807) is 18.2 Å². The summed E-state index contributed by atoms with van der Waals surface area (Å²) in [4.78, 5) is 24.7. The molecule has 0 radical (unpaired) electrons. The third kappa shape index (κ3) is 4.40. The monoisotopic (exact) mass is 381 g/mol. The van der Waals surface area contributed by atoms with Crippen LogP contribution < -0.4 is 15.5 Å². The van der Waals surface area contributed by atoms with Crippen molar-refractivity contribution < 1.29 is 19.1 Å². The zero-order chi connectivity index (χ0) is 20.1. The number of carbonyl (C=O) groups is 1. The van der Waals surface area contributed by atoms with Crippen LogP contribution in [0.5, 0.6) is 5.75 Å². The molecule has 2 aromatic carbocycles. The van der Waals surface area contributed by atoms with Gasteiger partial charge in [-0.15, -0.1) is 0 Å². The summed E-state index contributed by atoms with van der Waals surface area (Å²) in [6.07, 6.45) is 1.44. The molecule has 1 unspecified atom stereocenters. The summed E-state index contributed by atoms with van der Waals surface area (Å²) in [6, 6.07) is 13.8. The highest BCUT2D eigenvalue weighted by atomic mass is 16.5. The molecule has 3 aromatic rings. The quantitative estimate of drug-likeness (QED) is 0.657. The Labute approximate surface area is 162 Å². The zero-order valence-corrected chi connectivity index (χ0v) is 15.8. The second-order valence-corrected chi connectivity index (χ2v) is 6.89. The predicted molar refractivity (Wildman–Crippen MR) is 107 cm³/mol. The Bertz CT molecular complexity index is 1010. The summed E-state index contributed by atoms with van der Waals surface area (Å²) in [5.41, 5.74) is 1.54. The maximum atomic E-state index is 12.7. The molecular weight excluding hydrogens is 358 g/mol. The third-order valence-corrected chi connectivity index (χ3v) is 4.55. The van der Waals surface area contributed by atoms with Crippen molar-refractivity contribution in [2.24, 2.45) is 5.92 Å². The van der Waals surface area contributed by atoms with Crippen molar-refractivity contribution in [1.82, 2.24) is 5.32 Å². The van der Waals surface area contributed by atoms with Gasteiger partial charge >= 0.3 is 0 Å². The van der Waals surface area contributed by atoms with Crippen LogP contribution in [0, 0.1) is 5.92 Å². The van der Waals surface area contributed by atoms with E-state index in [4.69, 9.17) is 9.15 Å². The smallest absolute Gasteiger partial charge is 0.258 e. The van der Waals surface area contributed by atoms with Gasteiger partial charge in [0.15, 0.2) is 12.0 Å². The van der Waals surface area contributed by atoms with Crippen LogP contribution in [0.3, 0.4) is 0 Å². The van der Waals surface area contributed by atoms with Crippen LogP contribution in [0.25, 0.3) is 22.1 Å². The molecule has 0 aliphatic carbocycles. The SMILES string of the molecule is CC(C)C(CO)NC(=O)COc1ccc2c(=O)c(-c3ccccc3)coc2c1. The van der Waals surface area contributed by atoms with Gasteiger partial charge in [-0.05, 0) is 23.6 Å². The largest absolute Gasteiger partial charge is 0.484 e. The fourth-order valence-corrected chi connectivity index (χ4v) is 2.84. The van der Waals surface area contributed by atoms with E-state index in [9.17, 15) is 14.7 Å². The lowest BCUT2D eigenvalue weighted by Gasteiger charge is -2.19. The van der Waals surface area contributed by atoms with Crippen LogP contribution >= 0.6 is 0 Å². The Hall–Kier alpha value is -3.12. The number of hydrogen-bond donors (Lipinski definition) is 2. The molecule has 146 valence electrons. The molecule has 1 aromatic heterocycles. The number of nitrogens with one attached hydrogen (secondary N) is 1. The van der Waals surface area contributed by atoms with E-state index < -0.39 is 0 Å². The third-order valence-electron chi connectivity index (χ3n) is 4.55. The lowest BCUT2D eigenvalue weighted by atomic mass is 10.1. The summed E-state index contributed by atoms with van der Waals surface area (Å²) in [6.45, 7) is 3.50. The number of amides is 1. The Morgan fingerprint density at radius 2 is 1.93 bits per heavy atom. The number of rotatable bonds is 7. The van der Waals surface area contributed by atoms with Gasteiger partial charge in [-0.3, -0.25) is 9.59 Å². The molecule has 28 heavy (non-hydrogen) atoms. The van der Waals surface area contributed by atoms with Crippen LogP contribution in [-0.2, 0) is 4.79 Å². The maximum absolute atomic E-state index is 12.7. The van der Waals surface area contributed by atoms with Gasteiger partial charge in [-0.1, -0.05) is 44.2 Å². The van der Waals surface area contributed by atoms with Gasteiger partial charge in [0, 0.05) is 6.07 Å². The van der Waals surface area contributed by atoms with E-state index in [1.807, 2.05) is 44.2 Å². The lowest BCUT2D eigenvalue weighted by Crippen LogP contribution is -2.43. The molecule has 0 saturated carbocycles. The van der Waals surface area contributed by atoms with Gasteiger partial charge in [0.1, 0.15) is 17.6 Å². The normalized spacial score (nSPS) is 12.1. The average molecular weight is 381 g/mol. The molecule has 1 amide bonds. The minimum absolute atomic E-state index is 0.114. The molecule has 0 bridgehead atoms. The predicted octanol–water partition coefficient (Wildman–Crippen LogP) is 2.97. The van der Waals surface area contributed by atoms with Crippen LogP contribution in [0.1, 0.15) is 13.8 Å². The highest BCUT2D eigenvalue weighted by Crippen LogP contribution is 2.23. The summed E-state index contributed by atoms with van der Waals surface area (Å²) >= 11 is 0. The van der Waals surface area contributed by atoms with Crippen molar-refractivity contribution in [3.05, 3.63) is 65.0 Å². The zero-order valence-electron chi connectivity index (χ0n) is 15.8. The molecular formula is C22H23NO5. The van der Waals surface area contributed by atoms with Gasteiger partial charge in [-0.2, -0.15) is 0 Å². The van der Waals surface area contributed by atoms with E-state index in [2.05, 4.69) is 5.32 Å². The van der Waals surface area contributed by atoms with Crippen molar-refractivity contribution in [3.8, 4) is 16.9 Å². The van der Waals surface area contributed by atoms with E-state index in [0.29, 0.717) is 22.3 Å². The summed E-state index contributed by atoms with van der Waals surface area (Å²) in [5, 5.41) is 12.4. The summed E-state index contributed by atoms with van der Waals surface area (Å²) in [7, 11) is 0. The molecule has 0 spiro atoms. The van der Waals surface area contributed by atoms with Gasteiger partial charge in [0.2, 0.25) is 0 Å². The number of aliphatic hydroxyl groups excluding tert-OH is 1. The van der Waals surface area contributed by atoms with Crippen molar-refractivity contribution in [3.63, 3.8) is 0 Å². The minimum atomic E-state index is -0.325. The van der Waals surface area contributed by atoms with E-state index in [1.165, 1.54) is 6.26 Å². The first-order valence-corrected chi connectivity index (χ1v) is 9.13. The van der Waals surface area contributed by atoms with Crippen LogP contribution in [0.15, 0.2) is 64.0 Å². The fraction of sp³-hybridized carbons (Fsp3) is 0.273. The summed E-state index contributed by atoms with van der Waals surface area (Å²) in [5.74, 6) is 0.208. The molecule has 6 heteroatoms. The standard InChI is InChI=1S/C22H23NO5/c1-14(2)19(11-24)23-21(25)13-27-16-8-9-17-20(10-16)28-12-18(22(17)26)15-6-4-3-5-7-15/h3-10,12,14,19,24H,11,13H2,1-2H3,(H,23,25). The second-order valence-electron chi connectivity index (χ2n) is 6.89. The second kappa shape index (κ2) is 8.71. The minimum Gasteiger partial charge on any atom is -0.484 e. The highest BCUT2D eigenvalue weighted by Gasteiger charge is 2.15. The first-order valence-electron chi connectivity index (χ1n) is 9.13. The molecule has 0 saturated heterocycles. The molecule has 2 N–H and O–H groups in total. The number of aliphatic hydroxyl groups is 1. The van der Waals surface area contributed by atoms with Crippen molar-refractivity contribution in [2.75, 3.05) is 13.2 Å². The van der Waals surface area contributed by atoms with Crippen LogP contribution in [0.2, 0.25) is 0 Å². The Balaban J connectivity index is 1.75. The van der Waals surface area contributed by atoms with E-state index in [0.717, 1.165) is 5.56 Å². The van der Waals surface area contributed by atoms with Gasteiger partial charge < -0.3 is 19.6 Å². The topological polar surface area (TPSA) is 88.8 Å². The average Bonchev–Trinajstić information content (AvgIpc) is 2.71. The number of fused-ring (bicyclic) bond motifs is 1. The Morgan fingerprint density at radius 3 is 2.61 bits per heavy atom. The van der Waals surface area contributed by atoms with Crippen molar-refractivity contribution in [1.29, 1.82) is 0 Å². The number of hydrogen-bond acceptors (Lipinski definition) is 5. The lowest BCUT2D eigenvalue weighted by molar-refractivity contribution is -0.124. The highest BCUT2D eigenvalue weighted by molar-refractivity contribution is 5.83. The molecule has 1 atom stereocenters. The maximum Gasteiger partial charge on any atom is 0.258 e. The first kappa shape index (κ1) is 19.6.